The second-order valence-electron chi connectivity index (χ2n) is 3.29. The molecule has 0 rings (SSSR count). The highest BCUT2D eigenvalue weighted by Crippen LogP contribution is 1.97. The van der Waals surface area contributed by atoms with Gasteiger partial charge in [-0.15, -0.1) is 0 Å². The van der Waals surface area contributed by atoms with Crippen LogP contribution in [0.3, 0.4) is 0 Å². The van der Waals surface area contributed by atoms with E-state index in [4.69, 9.17) is 15.7 Å². The Morgan fingerprint density at radius 1 is 1.62 bits per heavy atom. The fourth-order valence-electron chi connectivity index (χ4n) is 1.00. The van der Waals surface area contributed by atoms with Gasteiger partial charge in [-0.05, 0) is 5.92 Å². The van der Waals surface area contributed by atoms with Crippen molar-refractivity contribution in [2.24, 2.45) is 16.8 Å². The molecule has 0 aromatic rings. The van der Waals surface area contributed by atoms with Crippen LogP contribution in [-0.2, 0) is 4.74 Å². The highest BCUT2D eigenvalue weighted by molar-refractivity contribution is 5.77. The lowest BCUT2D eigenvalue weighted by Crippen LogP contribution is -2.41. The summed E-state index contributed by atoms with van der Waals surface area (Å²) < 4.78 is 4.91. The van der Waals surface area contributed by atoms with Crippen LogP contribution in [0.5, 0.6) is 0 Å². The normalized spacial score (nSPS) is 12.2. The summed E-state index contributed by atoms with van der Waals surface area (Å²) in [7, 11) is 1.62. The van der Waals surface area contributed by atoms with Crippen LogP contribution in [0.4, 0.5) is 0 Å². The van der Waals surface area contributed by atoms with E-state index in [0.29, 0.717) is 19.1 Å². The molecule has 5 heteroatoms. The summed E-state index contributed by atoms with van der Waals surface area (Å²) in [5.41, 5.74) is 5.48. The Labute approximate surface area is 79.2 Å². The molecule has 0 aliphatic carbocycles. The standard InChI is InChI=1S/C8H19N3O2/c1-7(2)6-11(4-5-13-3)8(9)10-12/h7,12H,4-6H2,1-3H3,(H2,9,10). The van der Waals surface area contributed by atoms with Gasteiger partial charge in [0, 0.05) is 20.2 Å². The van der Waals surface area contributed by atoms with Crippen LogP contribution in [0, 0.1) is 5.92 Å². The predicted molar refractivity (Wildman–Crippen MR) is 51.7 cm³/mol. The molecule has 0 radical (unpaired) electrons. The topological polar surface area (TPSA) is 71.1 Å². The average molecular weight is 189 g/mol. The molecule has 0 unspecified atom stereocenters. The zero-order chi connectivity index (χ0) is 10.3. The molecule has 0 aliphatic rings. The number of methoxy groups -OCH3 is 1. The van der Waals surface area contributed by atoms with E-state index in [1.54, 1.807) is 12.0 Å². The van der Waals surface area contributed by atoms with Crippen LogP contribution in [0.15, 0.2) is 5.16 Å². The Kier molecular flexibility index (Phi) is 6.05. The van der Waals surface area contributed by atoms with Gasteiger partial charge in [-0.25, -0.2) is 0 Å². The lowest BCUT2D eigenvalue weighted by Gasteiger charge is -2.23. The molecule has 0 saturated carbocycles. The maximum atomic E-state index is 8.50. The quantitative estimate of drug-likeness (QED) is 0.282. The molecule has 13 heavy (non-hydrogen) atoms. The van der Waals surface area contributed by atoms with E-state index in [-0.39, 0.29) is 5.96 Å². The Morgan fingerprint density at radius 3 is 2.62 bits per heavy atom. The van der Waals surface area contributed by atoms with Crippen molar-refractivity contribution in [1.29, 1.82) is 0 Å². The van der Waals surface area contributed by atoms with Gasteiger partial charge in [-0.2, -0.15) is 0 Å². The van der Waals surface area contributed by atoms with E-state index in [0.717, 1.165) is 6.54 Å². The number of hydrogen-bond acceptors (Lipinski definition) is 3. The Bertz CT molecular complexity index is 159. The molecule has 0 heterocycles. The van der Waals surface area contributed by atoms with Gasteiger partial charge in [-0.3, -0.25) is 0 Å². The van der Waals surface area contributed by atoms with Gasteiger partial charge in [0.1, 0.15) is 0 Å². The van der Waals surface area contributed by atoms with Gasteiger partial charge in [0.2, 0.25) is 5.96 Å². The Morgan fingerprint density at radius 2 is 2.23 bits per heavy atom. The predicted octanol–water partition coefficient (Wildman–Crippen LogP) is 0.295. The van der Waals surface area contributed by atoms with Crippen LogP contribution in [0.1, 0.15) is 13.8 Å². The minimum atomic E-state index is 0.144. The van der Waals surface area contributed by atoms with E-state index in [2.05, 4.69) is 19.0 Å². The van der Waals surface area contributed by atoms with E-state index in [9.17, 15) is 0 Å². The number of guanidine groups is 1. The second-order valence-corrected chi connectivity index (χ2v) is 3.29. The Hall–Kier alpha value is -0.970. The maximum Gasteiger partial charge on any atom is 0.233 e. The summed E-state index contributed by atoms with van der Waals surface area (Å²) >= 11 is 0. The van der Waals surface area contributed by atoms with Crippen LogP contribution in [0.2, 0.25) is 0 Å². The lowest BCUT2D eigenvalue weighted by atomic mass is 10.2. The molecule has 0 amide bonds. The van der Waals surface area contributed by atoms with Gasteiger partial charge in [-0.1, -0.05) is 19.0 Å². The zero-order valence-electron chi connectivity index (χ0n) is 8.53. The van der Waals surface area contributed by atoms with Crippen molar-refractivity contribution >= 4 is 5.96 Å². The van der Waals surface area contributed by atoms with Gasteiger partial charge in [0.05, 0.1) is 6.61 Å². The van der Waals surface area contributed by atoms with E-state index in [1.807, 2.05) is 0 Å². The molecular weight excluding hydrogens is 170 g/mol. The van der Waals surface area contributed by atoms with Crippen LogP contribution >= 0.6 is 0 Å². The van der Waals surface area contributed by atoms with Crippen molar-refractivity contribution in [3.63, 3.8) is 0 Å². The summed E-state index contributed by atoms with van der Waals surface area (Å²) in [6.45, 7) is 6.13. The van der Waals surface area contributed by atoms with E-state index in [1.165, 1.54) is 0 Å². The Balaban J connectivity index is 4.03. The molecule has 78 valence electrons. The smallest absolute Gasteiger partial charge is 0.233 e. The number of rotatable bonds is 5. The summed E-state index contributed by atoms with van der Waals surface area (Å²) in [5.74, 6) is 0.614. The molecule has 0 fully saturated rings. The lowest BCUT2D eigenvalue weighted by molar-refractivity contribution is 0.169. The van der Waals surface area contributed by atoms with Crippen molar-refractivity contribution in [3.8, 4) is 0 Å². The van der Waals surface area contributed by atoms with Crippen LogP contribution in [-0.4, -0.2) is 42.9 Å². The third-order valence-corrected chi connectivity index (χ3v) is 1.58. The highest BCUT2D eigenvalue weighted by atomic mass is 16.5. The summed E-state index contributed by atoms with van der Waals surface area (Å²) in [4.78, 5) is 1.79. The number of nitrogens with zero attached hydrogens (tertiary/aromatic N) is 2. The maximum absolute atomic E-state index is 8.50. The summed E-state index contributed by atoms with van der Waals surface area (Å²) in [6.07, 6.45) is 0. The first-order valence-corrected chi connectivity index (χ1v) is 4.33. The molecule has 0 aromatic carbocycles. The number of nitrogens with two attached hydrogens (primary N) is 1. The molecular formula is C8H19N3O2. The van der Waals surface area contributed by atoms with Crippen molar-refractivity contribution in [2.75, 3.05) is 26.8 Å². The molecule has 0 atom stereocenters. The molecule has 3 N–H and O–H groups in total. The molecule has 0 aromatic heterocycles. The molecule has 0 aliphatic heterocycles. The molecule has 0 saturated heterocycles. The molecule has 5 nitrogen and oxygen atoms in total. The van der Waals surface area contributed by atoms with Crippen LogP contribution < -0.4 is 5.73 Å². The minimum Gasteiger partial charge on any atom is -0.408 e. The van der Waals surface area contributed by atoms with Crippen molar-refractivity contribution < 1.29 is 9.94 Å². The van der Waals surface area contributed by atoms with Crippen molar-refractivity contribution in [3.05, 3.63) is 0 Å². The first kappa shape index (κ1) is 12.0. The largest absolute Gasteiger partial charge is 0.408 e. The molecule has 0 bridgehead atoms. The van der Waals surface area contributed by atoms with Gasteiger partial charge >= 0.3 is 0 Å². The summed E-state index contributed by atoms with van der Waals surface area (Å²) in [6, 6.07) is 0. The fraction of sp³-hybridized carbons (Fsp3) is 0.875. The van der Waals surface area contributed by atoms with Gasteiger partial charge in [0.25, 0.3) is 0 Å². The van der Waals surface area contributed by atoms with Crippen molar-refractivity contribution in [2.45, 2.75) is 13.8 Å². The van der Waals surface area contributed by atoms with E-state index >= 15 is 0 Å². The van der Waals surface area contributed by atoms with Gasteiger partial charge in [0.15, 0.2) is 0 Å². The van der Waals surface area contributed by atoms with Gasteiger partial charge < -0.3 is 20.6 Å². The van der Waals surface area contributed by atoms with Crippen molar-refractivity contribution in [1.82, 2.24) is 4.90 Å². The van der Waals surface area contributed by atoms with Crippen LogP contribution in [0.25, 0.3) is 0 Å². The molecule has 0 spiro atoms. The summed E-state index contributed by atoms with van der Waals surface area (Å²) in [5, 5.41) is 11.5. The number of ether oxygens (including phenoxy) is 1. The monoisotopic (exact) mass is 189 g/mol. The third-order valence-electron chi connectivity index (χ3n) is 1.58. The second kappa shape index (κ2) is 6.54. The third kappa shape index (κ3) is 5.30. The van der Waals surface area contributed by atoms with E-state index < -0.39 is 0 Å². The number of hydrogen-bond donors (Lipinski definition) is 2. The number of oxime groups is 1. The zero-order valence-corrected chi connectivity index (χ0v) is 8.53. The highest BCUT2D eigenvalue weighted by Gasteiger charge is 2.09. The first-order chi connectivity index (χ1) is 6.11. The first-order valence-electron chi connectivity index (χ1n) is 4.33. The SMILES string of the molecule is COCCN(CC(C)C)C(N)=NO. The average Bonchev–Trinajstić information content (AvgIpc) is 2.10. The minimum absolute atomic E-state index is 0.144. The fourth-order valence-corrected chi connectivity index (χ4v) is 1.00.